The van der Waals surface area contributed by atoms with Crippen molar-refractivity contribution in [1.82, 2.24) is 25.8 Å². The van der Waals surface area contributed by atoms with E-state index in [4.69, 9.17) is 4.74 Å². The van der Waals surface area contributed by atoms with Crippen LogP contribution in [0, 0.1) is 12.8 Å². The zero-order valence-corrected chi connectivity index (χ0v) is 22.4. The molecule has 10 nitrogen and oxygen atoms in total. The number of hydrogen-bond acceptors (Lipinski definition) is 7. The molecule has 0 spiro atoms. The van der Waals surface area contributed by atoms with Crippen LogP contribution in [0.25, 0.3) is 0 Å². The molecule has 5 heterocycles. The van der Waals surface area contributed by atoms with E-state index < -0.39 is 0 Å². The van der Waals surface area contributed by atoms with Gasteiger partial charge in [-0.1, -0.05) is 36.5 Å². The Morgan fingerprint density at radius 3 is 2.79 bits per heavy atom. The summed E-state index contributed by atoms with van der Waals surface area (Å²) in [5.41, 5.74) is 2.08. The Balaban J connectivity index is 1.22. The van der Waals surface area contributed by atoms with E-state index >= 15 is 0 Å². The van der Waals surface area contributed by atoms with Crippen LogP contribution in [-0.2, 0) is 9.59 Å². The summed E-state index contributed by atoms with van der Waals surface area (Å²) in [5.74, 6) is 0.738. The zero-order chi connectivity index (χ0) is 27.1. The fourth-order valence-electron chi connectivity index (χ4n) is 5.81. The number of ether oxygens (including phenoxy) is 1. The summed E-state index contributed by atoms with van der Waals surface area (Å²) in [5, 5.41) is 9.60. The largest absolute Gasteiger partial charge is 0.439 e. The molecule has 2 aromatic rings. The van der Waals surface area contributed by atoms with Crippen LogP contribution >= 0.6 is 11.8 Å². The number of nitrogens with one attached hydrogen (secondary N) is 3. The minimum Gasteiger partial charge on any atom is -0.439 e. The van der Waals surface area contributed by atoms with Crippen LogP contribution in [0.1, 0.15) is 18.5 Å². The van der Waals surface area contributed by atoms with Crippen LogP contribution in [-0.4, -0.2) is 64.8 Å². The van der Waals surface area contributed by atoms with Crippen molar-refractivity contribution in [2.75, 3.05) is 24.5 Å². The first kappa shape index (κ1) is 25.4. The second kappa shape index (κ2) is 10.4. The third-order valence-corrected chi connectivity index (χ3v) is 8.97. The summed E-state index contributed by atoms with van der Waals surface area (Å²) in [6.07, 6.45) is 2.72. The molecule has 4 atom stereocenters. The Labute approximate surface area is 230 Å². The maximum Gasteiger partial charge on any atom is 0.326 e. The SMILES string of the molecule is C=CC(=O)N1CC[C@@H](NC(=O)C2=C3NC(=O)N(c4ccc(Oc5ccccc5)nc4C)C4CCNC(S2)C34)C1. The maximum absolute atomic E-state index is 13.5. The van der Waals surface area contributed by atoms with Crippen molar-refractivity contribution in [3.8, 4) is 11.6 Å². The summed E-state index contributed by atoms with van der Waals surface area (Å²) >= 11 is 1.46. The van der Waals surface area contributed by atoms with Crippen molar-refractivity contribution in [1.29, 1.82) is 0 Å². The Kier molecular flexibility index (Phi) is 6.78. The number of thioether (sulfide) groups is 1. The number of nitrogens with zero attached hydrogens (tertiary/aromatic N) is 3. The molecule has 1 aromatic carbocycles. The highest BCUT2D eigenvalue weighted by atomic mass is 32.2. The van der Waals surface area contributed by atoms with E-state index in [0.717, 1.165) is 18.7 Å². The predicted molar refractivity (Wildman–Crippen MR) is 148 cm³/mol. The van der Waals surface area contributed by atoms with Gasteiger partial charge in [0.1, 0.15) is 5.75 Å². The molecule has 11 heteroatoms. The second-order valence-corrected chi connectivity index (χ2v) is 11.2. The highest BCUT2D eigenvalue weighted by molar-refractivity contribution is 8.04. The van der Waals surface area contributed by atoms with Gasteiger partial charge in [-0.2, -0.15) is 0 Å². The number of aromatic nitrogens is 1. The molecule has 6 rings (SSSR count). The number of carbonyl (C=O) groups is 3. The number of pyridine rings is 1. The van der Waals surface area contributed by atoms with Gasteiger partial charge in [0.2, 0.25) is 11.8 Å². The third kappa shape index (κ3) is 4.76. The van der Waals surface area contributed by atoms with Crippen LogP contribution in [0.15, 0.2) is 65.7 Å². The van der Waals surface area contributed by atoms with Gasteiger partial charge in [0, 0.05) is 36.8 Å². The number of anilines is 1. The lowest BCUT2D eigenvalue weighted by molar-refractivity contribution is -0.125. The summed E-state index contributed by atoms with van der Waals surface area (Å²) in [7, 11) is 0. The Morgan fingerprint density at radius 1 is 1.21 bits per heavy atom. The zero-order valence-electron chi connectivity index (χ0n) is 21.6. The molecule has 4 aliphatic heterocycles. The van der Waals surface area contributed by atoms with Crippen LogP contribution in [0.2, 0.25) is 0 Å². The van der Waals surface area contributed by atoms with E-state index in [1.165, 1.54) is 17.8 Å². The second-order valence-electron chi connectivity index (χ2n) is 10.0. The molecule has 3 saturated heterocycles. The molecule has 0 saturated carbocycles. The van der Waals surface area contributed by atoms with Crippen molar-refractivity contribution < 1.29 is 19.1 Å². The van der Waals surface area contributed by atoms with Crippen molar-refractivity contribution in [3.63, 3.8) is 0 Å². The normalized spacial score (nSPS) is 25.7. The average molecular weight is 547 g/mol. The van der Waals surface area contributed by atoms with Gasteiger partial charge in [0.15, 0.2) is 0 Å². The Morgan fingerprint density at radius 2 is 2.03 bits per heavy atom. The van der Waals surface area contributed by atoms with E-state index in [1.54, 1.807) is 15.9 Å². The molecular formula is C28H30N6O4S. The molecule has 39 heavy (non-hydrogen) atoms. The Hall–Kier alpha value is -3.83. The lowest BCUT2D eigenvalue weighted by Gasteiger charge is -2.46. The molecule has 1 aromatic heterocycles. The quantitative estimate of drug-likeness (QED) is 0.477. The summed E-state index contributed by atoms with van der Waals surface area (Å²) in [6, 6.07) is 12.6. The van der Waals surface area contributed by atoms with Gasteiger partial charge < -0.3 is 25.6 Å². The van der Waals surface area contributed by atoms with Crippen molar-refractivity contribution in [2.24, 2.45) is 5.92 Å². The topological polar surface area (TPSA) is 116 Å². The van der Waals surface area contributed by atoms with Gasteiger partial charge in [-0.05, 0) is 50.6 Å². The van der Waals surface area contributed by atoms with Gasteiger partial charge in [-0.15, -0.1) is 0 Å². The molecule has 3 unspecified atom stereocenters. The van der Waals surface area contributed by atoms with Crippen molar-refractivity contribution in [2.45, 2.75) is 37.2 Å². The fourth-order valence-corrected chi connectivity index (χ4v) is 7.21. The molecule has 202 valence electrons. The van der Waals surface area contributed by atoms with Gasteiger partial charge in [0.25, 0.3) is 5.91 Å². The minimum absolute atomic E-state index is 0.0287. The van der Waals surface area contributed by atoms with E-state index in [1.807, 2.05) is 43.3 Å². The average Bonchev–Trinajstić information content (AvgIpc) is 3.55. The number of amides is 4. The van der Waals surface area contributed by atoms with Crippen molar-refractivity contribution in [3.05, 3.63) is 71.4 Å². The van der Waals surface area contributed by atoms with Gasteiger partial charge in [-0.25, -0.2) is 9.78 Å². The predicted octanol–water partition coefficient (Wildman–Crippen LogP) is 2.88. The van der Waals surface area contributed by atoms with E-state index in [9.17, 15) is 14.4 Å². The first-order chi connectivity index (χ1) is 18.9. The lowest BCUT2D eigenvalue weighted by atomic mass is 9.86. The van der Waals surface area contributed by atoms with Crippen LogP contribution in [0.5, 0.6) is 11.6 Å². The molecule has 0 aliphatic carbocycles. The first-order valence-electron chi connectivity index (χ1n) is 13.1. The van der Waals surface area contributed by atoms with Crippen LogP contribution < -0.4 is 25.6 Å². The van der Waals surface area contributed by atoms with Crippen LogP contribution in [0.3, 0.4) is 0 Å². The van der Waals surface area contributed by atoms with Gasteiger partial charge >= 0.3 is 6.03 Å². The molecule has 4 amide bonds. The summed E-state index contributed by atoms with van der Waals surface area (Å²) in [4.78, 5) is 47.5. The third-order valence-electron chi connectivity index (χ3n) is 7.61. The maximum atomic E-state index is 13.5. The number of urea groups is 1. The number of likely N-dealkylation sites (tertiary alicyclic amines) is 1. The number of rotatable bonds is 6. The smallest absolute Gasteiger partial charge is 0.326 e. The lowest BCUT2D eigenvalue weighted by Crippen LogP contribution is -2.62. The molecule has 4 aliphatic rings. The standard InChI is InChI=1S/C28H30N6O4S/c1-3-22(35)33-14-12-17(15-33)31-26(36)25-24-23-20(11-13-29-27(23)39-25)34(28(37)32-24)19-9-10-21(30-16(19)2)38-18-7-5-4-6-8-18/h3-10,17,20,23,27,29H,1,11-15H2,2H3,(H,31,36)(H,32,37)/t17-,20?,23?,27?/m1/s1. The number of piperidine rings is 1. The van der Waals surface area contributed by atoms with E-state index in [0.29, 0.717) is 47.4 Å². The number of hydrogen-bond donors (Lipinski definition) is 3. The number of aryl methyl sites for hydroxylation is 1. The number of carbonyl (C=O) groups excluding carboxylic acids is 3. The molecule has 0 radical (unpaired) electrons. The molecule has 3 fully saturated rings. The number of benzene rings is 1. The fraction of sp³-hybridized carbons (Fsp3) is 0.357. The van der Waals surface area contributed by atoms with Crippen LogP contribution in [0.4, 0.5) is 10.5 Å². The minimum atomic E-state index is -0.273. The summed E-state index contributed by atoms with van der Waals surface area (Å²) in [6.45, 7) is 7.17. The summed E-state index contributed by atoms with van der Waals surface area (Å²) < 4.78 is 5.88. The number of para-hydroxylation sites is 1. The van der Waals surface area contributed by atoms with Gasteiger partial charge in [-0.3, -0.25) is 14.5 Å². The van der Waals surface area contributed by atoms with E-state index in [2.05, 4.69) is 27.5 Å². The molecule has 0 bridgehead atoms. The Bertz CT molecular complexity index is 1370. The monoisotopic (exact) mass is 546 g/mol. The highest BCUT2D eigenvalue weighted by Gasteiger charge is 2.52. The van der Waals surface area contributed by atoms with Crippen molar-refractivity contribution >= 4 is 35.3 Å². The highest BCUT2D eigenvalue weighted by Crippen LogP contribution is 2.48. The van der Waals surface area contributed by atoms with E-state index in [-0.39, 0.29) is 41.2 Å². The first-order valence-corrected chi connectivity index (χ1v) is 14.0. The molecular weight excluding hydrogens is 516 g/mol. The molecule has 3 N–H and O–H groups in total. The van der Waals surface area contributed by atoms with Gasteiger partial charge in [0.05, 0.1) is 27.7 Å².